The number of nitrogens with zero attached hydrogens (tertiary/aromatic N) is 4. The Labute approximate surface area is 233 Å². The zero-order valence-electron chi connectivity index (χ0n) is 23.1. The molecule has 5 nitrogen and oxygen atoms in total. The normalized spacial score (nSPS) is 23.1. The Hall–Kier alpha value is -3.38. The summed E-state index contributed by atoms with van der Waals surface area (Å²) in [4.78, 5) is 9.44. The number of allylic oxidation sites excluding steroid dienone is 2. The molecule has 0 amide bonds. The summed E-state index contributed by atoms with van der Waals surface area (Å²) in [5, 5.41) is 5.26. The Morgan fingerprint density at radius 2 is 2.03 bits per heavy atom. The average molecular weight is 542 g/mol. The lowest BCUT2D eigenvalue weighted by Crippen LogP contribution is -2.41. The summed E-state index contributed by atoms with van der Waals surface area (Å²) in [7, 11) is 0. The van der Waals surface area contributed by atoms with Gasteiger partial charge >= 0.3 is 0 Å². The van der Waals surface area contributed by atoms with Gasteiger partial charge in [-0.3, -0.25) is 0 Å². The third-order valence-electron chi connectivity index (χ3n) is 9.05. The van der Waals surface area contributed by atoms with Gasteiger partial charge in [0.25, 0.3) is 0 Å². The van der Waals surface area contributed by atoms with Crippen molar-refractivity contribution in [3.8, 4) is 5.69 Å². The maximum Gasteiger partial charge on any atom is 0.165 e. The number of aromatic amines is 1. The number of aromatic nitrogens is 4. The third-order valence-corrected chi connectivity index (χ3v) is 9.35. The highest BCUT2D eigenvalue weighted by Crippen LogP contribution is 2.58. The number of halogens is 2. The number of pyridine rings is 1. The van der Waals surface area contributed by atoms with Crippen molar-refractivity contribution in [2.45, 2.75) is 70.2 Å². The van der Waals surface area contributed by atoms with Gasteiger partial charge in [-0.05, 0) is 60.6 Å². The summed E-state index contributed by atoms with van der Waals surface area (Å²) in [6, 6.07) is 10.3. The molecular formula is C32H33ClFN5. The van der Waals surface area contributed by atoms with Crippen molar-refractivity contribution in [2.75, 3.05) is 11.4 Å². The van der Waals surface area contributed by atoms with Crippen LogP contribution in [0.3, 0.4) is 0 Å². The number of anilines is 1. The van der Waals surface area contributed by atoms with Crippen LogP contribution in [0.15, 0.2) is 48.8 Å². The number of H-pyrrole nitrogens is 1. The van der Waals surface area contributed by atoms with Gasteiger partial charge in [0.05, 0.1) is 22.5 Å². The maximum absolute atomic E-state index is 15.4. The van der Waals surface area contributed by atoms with Gasteiger partial charge in [-0.15, -0.1) is 11.6 Å². The van der Waals surface area contributed by atoms with Crippen LogP contribution in [0.2, 0.25) is 0 Å². The first-order valence-electron chi connectivity index (χ1n) is 13.9. The van der Waals surface area contributed by atoms with E-state index in [1.54, 1.807) is 6.07 Å². The van der Waals surface area contributed by atoms with Crippen LogP contribution >= 0.6 is 11.6 Å². The molecule has 5 heterocycles. The number of benzene rings is 1. The minimum Gasteiger partial charge on any atom is -0.363 e. The molecule has 3 aliphatic rings. The van der Waals surface area contributed by atoms with Crippen LogP contribution in [0.1, 0.15) is 85.4 Å². The molecule has 0 radical (unpaired) electrons. The molecule has 1 N–H and O–H groups in total. The minimum absolute atomic E-state index is 0.226. The van der Waals surface area contributed by atoms with E-state index in [0.29, 0.717) is 18.9 Å². The highest BCUT2D eigenvalue weighted by Gasteiger charge is 2.51. The van der Waals surface area contributed by atoms with Gasteiger partial charge in [-0.1, -0.05) is 45.0 Å². The average Bonchev–Trinajstić information content (AvgIpc) is 3.57. The lowest BCUT2D eigenvalue weighted by Gasteiger charge is -2.45. The fourth-order valence-electron chi connectivity index (χ4n) is 6.99. The number of alkyl halides is 1. The molecule has 7 rings (SSSR count). The molecule has 2 atom stereocenters. The van der Waals surface area contributed by atoms with Crippen LogP contribution in [0, 0.1) is 5.82 Å². The van der Waals surface area contributed by atoms with E-state index in [-0.39, 0.29) is 11.7 Å². The van der Waals surface area contributed by atoms with Crippen LogP contribution in [0.5, 0.6) is 0 Å². The fourth-order valence-corrected chi connectivity index (χ4v) is 7.26. The first kappa shape index (κ1) is 24.6. The fraction of sp³-hybridized carbons (Fsp3) is 0.375. The van der Waals surface area contributed by atoms with Gasteiger partial charge in [-0.25, -0.2) is 14.1 Å². The standard InChI is InChI=1S/C32H33ClFN5/c1-6-19-8-7-9-21-24-15-31(4,33)28-23(10-12-35-28)32(24,5)29-22-17-38(13-11-26(22)37-39(29)27(19)21)30-25(34)14-20(16-36-30)18(2)3/h7-10,12,14-16,18,35H,6,11,13,17H2,1-5H3. The molecular weight excluding hydrogens is 509 g/mol. The van der Waals surface area contributed by atoms with Crippen molar-refractivity contribution in [3.63, 3.8) is 0 Å². The minimum atomic E-state index is -0.660. The Morgan fingerprint density at radius 3 is 2.77 bits per heavy atom. The summed E-state index contributed by atoms with van der Waals surface area (Å²) in [6.45, 7) is 11.9. The monoisotopic (exact) mass is 541 g/mol. The molecule has 1 aliphatic carbocycles. The molecule has 0 spiro atoms. The Balaban J connectivity index is 1.47. The van der Waals surface area contributed by atoms with Crippen molar-refractivity contribution in [2.24, 2.45) is 0 Å². The van der Waals surface area contributed by atoms with E-state index < -0.39 is 10.3 Å². The second-order valence-corrected chi connectivity index (χ2v) is 12.6. The number of rotatable bonds is 3. The van der Waals surface area contributed by atoms with E-state index in [9.17, 15) is 0 Å². The van der Waals surface area contributed by atoms with Crippen LogP contribution in [-0.2, 0) is 29.7 Å². The Kier molecular flexibility index (Phi) is 5.25. The zero-order chi connectivity index (χ0) is 27.3. The Bertz CT molecular complexity index is 1680. The molecule has 0 fully saturated rings. The Morgan fingerprint density at radius 1 is 1.21 bits per heavy atom. The highest BCUT2D eigenvalue weighted by molar-refractivity contribution is 6.26. The summed E-state index contributed by atoms with van der Waals surface area (Å²) < 4.78 is 17.6. The number of fused-ring (bicyclic) bond motifs is 10. The predicted molar refractivity (Wildman–Crippen MR) is 154 cm³/mol. The van der Waals surface area contributed by atoms with Gasteiger partial charge in [0.1, 0.15) is 4.87 Å². The molecule has 200 valence electrons. The van der Waals surface area contributed by atoms with Crippen molar-refractivity contribution < 1.29 is 4.39 Å². The van der Waals surface area contributed by atoms with Gasteiger partial charge in [-0.2, -0.15) is 5.10 Å². The second-order valence-electron chi connectivity index (χ2n) is 11.8. The quantitative estimate of drug-likeness (QED) is 0.280. The number of aryl methyl sites for hydroxylation is 1. The van der Waals surface area contributed by atoms with Gasteiger partial charge < -0.3 is 9.88 Å². The predicted octanol–water partition coefficient (Wildman–Crippen LogP) is 7.15. The maximum atomic E-state index is 15.4. The molecule has 2 aliphatic heterocycles. The van der Waals surface area contributed by atoms with Crippen molar-refractivity contribution in [3.05, 3.63) is 99.5 Å². The van der Waals surface area contributed by atoms with E-state index >= 15 is 4.39 Å². The molecule has 0 saturated heterocycles. The summed E-state index contributed by atoms with van der Waals surface area (Å²) in [5.41, 5.74) is 10.8. The SMILES string of the molecule is CCc1cccc2c1-n1nc3c(c1C1(C)C2=CC(C)(Cl)c2[nH]ccc21)CN(c1ncc(C(C)C)cc1F)CC3. The lowest BCUT2D eigenvalue weighted by atomic mass is 9.63. The molecule has 1 aromatic carbocycles. The number of hydrogen-bond acceptors (Lipinski definition) is 3. The summed E-state index contributed by atoms with van der Waals surface area (Å²) in [5.74, 6) is 0.374. The molecule has 3 aromatic heterocycles. The van der Waals surface area contributed by atoms with E-state index in [1.165, 1.54) is 16.7 Å². The summed E-state index contributed by atoms with van der Waals surface area (Å²) >= 11 is 7.18. The topological polar surface area (TPSA) is 49.7 Å². The molecule has 4 aromatic rings. The van der Waals surface area contributed by atoms with Crippen LogP contribution in [0.4, 0.5) is 10.2 Å². The zero-order valence-corrected chi connectivity index (χ0v) is 23.8. The number of hydrogen-bond donors (Lipinski definition) is 1. The van der Waals surface area contributed by atoms with Gasteiger partial charge in [0, 0.05) is 48.7 Å². The first-order chi connectivity index (χ1) is 18.6. The van der Waals surface area contributed by atoms with Crippen molar-refractivity contribution in [1.29, 1.82) is 0 Å². The lowest BCUT2D eigenvalue weighted by molar-refractivity contribution is 0.588. The van der Waals surface area contributed by atoms with Crippen LogP contribution in [0.25, 0.3) is 11.3 Å². The number of para-hydroxylation sites is 1. The van der Waals surface area contributed by atoms with E-state index in [4.69, 9.17) is 16.7 Å². The molecule has 2 unspecified atom stereocenters. The van der Waals surface area contributed by atoms with Crippen LogP contribution in [-0.4, -0.2) is 26.3 Å². The third kappa shape index (κ3) is 3.30. The molecule has 39 heavy (non-hydrogen) atoms. The highest BCUT2D eigenvalue weighted by atomic mass is 35.5. The van der Waals surface area contributed by atoms with Gasteiger partial charge in [0.15, 0.2) is 11.6 Å². The number of nitrogens with one attached hydrogen (secondary N) is 1. The van der Waals surface area contributed by atoms with E-state index in [1.807, 2.05) is 12.4 Å². The summed E-state index contributed by atoms with van der Waals surface area (Å²) in [6.07, 6.45) is 7.65. The van der Waals surface area contributed by atoms with E-state index in [2.05, 4.69) is 84.5 Å². The smallest absolute Gasteiger partial charge is 0.165 e. The largest absolute Gasteiger partial charge is 0.363 e. The van der Waals surface area contributed by atoms with E-state index in [0.717, 1.165) is 52.3 Å². The van der Waals surface area contributed by atoms with Crippen molar-refractivity contribution in [1.82, 2.24) is 19.7 Å². The molecule has 7 heteroatoms. The second kappa shape index (κ2) is 8.31. The molecule has 0 saturated carbocycles. The van der Waals surface area contributed by atoms with Gasteiger partial charge in [0.2, 0.25) is 0 Å². The van der Waals surface area contributed by atoms with Crippen molar-refractivity contribution >= 4 is 23.0 Å². The first-order valence-corrected chi connectivity index (χ1v) is 14.3. The molecule has 0 bridgehead atoms. The van der Waals surface area contributed by atoms with Crippen LogP contribution < -0.4 is 4.90 Å².